The number of amides is 2. The van der Waals surface area contributed by atoms with E-state index in [2.05, 4.69) is 36.6 Å². The molecule has 7 rings (SSSR count). The molecule has 0 radical (unpaired) electrons. The number of hydrogen-bond donors (Lipinski definition) is 1. The highest BCUT2D eigenvalue weighted by atomic mass is 32.2. The van der Waals surface area contributed by atoms with Crippen molar-refractivity contribution in [3.8, 4) is 5.88 Å². The van der Waals surface area contributed by atoms with Crippen LogP contribution in [0.3, 0.4) is 0 Å². The largest absolute Gasteiger partial charge is 0.473 e. The highest BCUT2D eigenvalue weighted by molar-refractivity contribution is 7.99. The second-order valence-corrected chi connectivity index (χ2v) is 12.7. The van der Waals surface area contributed by atoms with Gasteiger partial charge in [0.2, 0.25) is 11.0 Å². The van der Waals surface area contributed by atoms with Crippen molar-refractivity contribution >= 4 is 50.1 Å². The molecule has 3 fully saturated rings. The number of fused-ring (bicyclic) bond motifs is 2. The van der Waals surface area contributed by atoms with Gasteiger partial charge in [-0.25, -0.2) is 9.78 Å². The van der Waals surface area contributed by atoms with Gasteiger partial charge in [0.05, 0.1) is 10.2 Å². The fourth-order valence-corrected chi connectivity index (χ4v) is 7.46. The van der Waals surface area contributed by atoms with Crippen LogP contribution >= 0.6 is 23.1 Å². The summed E-state index contributed by atoms with van der Waals surface area (Å²) in [5.74, 6) is 0.610. The predicted molar refractivity (Wildman–Crippen MR) is 152 cm³/mol. The number of nitrogens with zero attached hydrogens (tertiary/aromatic N) is 7. The number of carbonyl (C=O) groups excluding carboxylic acids is 1. The van der Waals surface area contributed by atoms with Gasteiger partial charge in [0.25, 0.3) is 0 Å². The SMILES string of the molecule is O=C(Nc1nc2ccc(Sc3nnc4ccc(OC5CCCCC5)nn34)cc2s1)N1CC(N2CCCCC2)C1. The first-order valence-corrected chi connectivity index (χ1v) is 15.6. The molecule has 0 bridgehead atoms. The Balaban J connectivity index is 1.00. The lowest BCUT2D eigenvalue weighted by Gasteiger charge is -2.46. The zero-order valence-corrected chi connectivity index (χ0v) is 23.4. The Bertz CT molecular complexity index is 1470. The van der Waals surface area contributed by atoms with Gasteiger partial charge in [0, 0.05) is 30.1 Å². The highest BCUT2D eigenvalue weighted by Crippen LogP contribution is 2.33. The summed E-state index contributed by atoms with van der Waals surface area (Å²) in [7, 11) is 0. The molecule has 204 valence electrons. The standard InChI is InChI=1S/C27H32N8O2S2/c36-26(34-16-18(17-34)33-13-5-2-6-14-33)29-25-28-21-10-9-20(15-22(21)39-25)38-27-31-30-23-11-12-24(32-35(23)27)37-19-7-3-1-4-8-19/h9-12,15,18-19H,1-8,13-14,16-17H2,(H,28,29,36). The lowest BCUT2D eigenvalue weighted by molar-refractivity contribution is 0.0493. The zero-order chi connectivity index (χ0) is 26.2. The molecule has 3 aromatic heterocycles. The van der Waals surface area contributed by atoms with Crippen molar-refractivity contribution in [3.63, 3.8) is 0 Å². The van der Waals surface area contributed by atoms with Crippen molar-refractivity contribution in [1.29, 1.82) is 0 Å². The van der Waals surface area contributed by atoms with Crippen molar-refractivity contribution in [2.75, 3.05) is 31.5 Å². The van der Waals surface area contributed by atoms with Gasteiger partial charge >= 0.3 is 6.03 Å². The van der Waals surface area contributed by atoms with Gasteiger partial charge < -0.3 is 9.64 Å². The van der Waals surface area contributed by atoms with E-state index in [4.69, 9.17) is 4.74 Å². The topological polar surface area (TPSA) is 101 Å². The maximum Gasteiger partial charge on any atom is 0.323 e. The van der Waals surface area contributed by atoms with Crippen LogP contribution in [0.2, 0.25) is 0 Å². The first-order valence-electron chi connectivity index (χ1n) is 14.0. The van der Waals surface area contributed by atoms with Crippen LogP contribution in [0.1, 0.15) is 51.4 Å². The maximum atomic E-state index is 12.8. The van der Waals surface area contributed by atoms with E-state index in [-0.39, 0.29) is 12.1 Å². The minimum absolute atomic E-state index is 0.0656. The summed E-state index contributed by atoms with van der Waals surface area (Å²) in [5, 5.41) is 17.6. The third-order valence-corrected chi connectivity index (χ3v) is 9.75. The Labute approximate surface area is 235 Å². The second-order valence-electron chi connectivity index (χ2n) is 10.6. The smallest absolute Gasteiger partial charge is 0.323 e. The lowest BCUT2D eigenvalue weighted by Crippen LogP contribution is -2.62. The molecule has 4 aromatic rings. The van der Waals surface area contributed by atoms with E-state index in [1.54, 1.807) is 4.52 Å². The number of carbonyl (C=O) groups is 1. The molecule has 12 heteroatoms. The summed E-state index contributed by atoms with van der Waals surface area (Å²) >= 11 is 2.98. The Morgan fingerprint density at radius 1 is 1.00 bits per heavy atom. The summed E-state index contributed by atoms with van der Waals surface area (Å²) in [6, 6.07) is 10.3. The van der Waals surface area contributed by atoms with E-state index in [0.29, 0.717) is 27.9 Å². The van der Waals surface area contributed by atoms with Crippen molar-refractivity contribution in [2.24, 2.45) is 0 Å². The summed E-state index contributed by atoms with van der Waals surface area (Å²) in [6.07, 6.45) is 9.98. The molecule has 3 aliphatic rings. The summed E-state index contributed by atoms with van der Waals surface area (Å²) in [5.41, 5.74) is 1.55. The van der Waals surface area contributed by atoms with Gasteiger partial charge in [-0.15, -0.1) is 15.3 Å². The number of ether oxygens (including phenoxy) is 1. The monoisotopic (exact) mass is 564 g/mol. The van der Waals surface area contributed by atoms with E-state index in [9.17, 15) is 4.79 Å². The first kappa shape index (κ1) is 25.0. The van der Waals surface area contributed by atoms with Crippen molar-refractivity contribution in [2.45, 2.75) is 73.6 Å². The first-order chi connectivity index (χ1) is 19.2. The molecule has 0 unspecified atom stereocenters. The van der Waals surface area contributed by atoms with E-state index < -0.39 is 0 Å². The summed E-state index contributed by atoms with van der Waals surface area (Å²) in [6.45, 7) is 3.92. The number of nitrogens with one attached hydrogen (secondary N) is 1. The molecule has 1 N–H and O–H groups in total. The van der Waals surface area contributed by atoms with Gasteiger partial charge in [-0.05, 0) is 87.6 Å². The van der Waals surface area contributed by atoms with Gasteiger partial charge in [-0.1, -0.05) is 24.2 Å². The Kier molecular flexibility index (Phi) is 7.00. The minimum atomic E-state index is -0.0656. The van der Waals surface area contributed by atoms with E-state index in [0.717, 1.165) is 54.1 Å². The molecule has 2 amide bonds. The molecule has 0 atom stereocenters. The van der Waals surface area contributed by atoms with E-state index >= 15 is 0 Å². The fraction of sp³-hybridized carbons (Fsp3) is 0.519. The Hall–Kier alpha value is -2.96. The van der Waals surface area contributed by atoms with Crippen molar-refractivity contribution in [1.82, 2.24) is 34.6 Å². The average Bonchev–Trinajstić information content (AvgIpc) is 3.52. The number of thiazole rings is 1. The summed E-state index contributed by atoms with van der Waals surface area (Å²) in [4.78, 5) is 22.8. The minimum Gasteiger partial charge on any atom is -0.473 e. The quantitative estimate of drug-likeness (QED) is 0.337. The predicted octanol–water partition coefficient (Wildman–Crippen LogP) is 5.30. The molecule has 39 heavy (non-hydrogen) atoms. The second kappa shape index (κ2) is 10.9. The van der Waals surface area contributed by atoms with Crippen molar-refractivity contribution < 1.29 is 9.53 Å². The number of likely N-dealkylation sites (tertiary alicyclic amines) is 2. The third-order valence-electron chi connectivity index (χ3n) is 7.89. The van der Waals surface area contributed by atoms with Gasteiger partial charge in [0.1, 0.15) is 6.10 Å². The van der Waals surface area contributed by atoms with Gasteiger partial charge in [0.15, 0.2) is 10.8 Å². The maximum absolute atomic E-state index is 12.8. The van der Waals surface area contributed by atoms with Crippen LogP contribution in [0.5, 0.6) is 5.88 Å². The molecule has 2 aliphatic heterocycles. The number of anilines is 1. The zero-order valence-electron chi connectivity index (χ0n) is 21.8. The fourth-order valence-electron chi connectivity index (χ4n) is 5.67. The van der Waals surface area contributed by atoms with Gasteiger partial charge in [-0.2, -0.15) is 4.52 Å². The van der Waals surface area contributed by atoms with Gasteiger partial charge in [-0.3, -0.25) is 10.2 Å². The van der Waals surface area contributed by atoms with Crippen LogP contribution in [-0.4, -0.2) is 79.0 Å². The van der Waals surface area contributed by atoms with Crippen LogP contribution in [0.15, 0.2) is 40.4 Å². The van der Waals surface area contributed by atoms with E-state index in [1.807, 2.05) is 29.2 Å². The third kappa shape index (κ3) is 5.42. The Morgan fingerprint density at radius 3 is 2.67 bits per heavy atom. The molecule has 1 aromatic carbocycles. The molecule has 10 nitrogen and oxygen atoms in total. The van der Waals surface area contributed by atoms with Crippen LogP contribution in [0, 0.1) is 0 Å². The Morgan fingerprint density at radius 2 is 1.82 bits per heavy atom. The molecular weight excluding hydrogens is 532 g/mol. The number of hydrogen-bond acceptors (Lipinski definition) is 9. The number of piperidine rings is 1. The number of rotatable bonds is 6. The van der Waals surface area contributed by atoms with Crippen LogP contribution in [0.4, 0.5) is 9.93 Å². The lowest BCUT2D eigenvalue weighted by atomic mass is 9.98. The average molecular weight is 565 g/mol. The number of urea groups is 1. The van der Waals surface area contributed by atoms with E-state index in [1.165, 1.54) is 61.6 Å². The molecule has 0 spiro atoms. The molecule has 5 heterocycles. The van der Waals surface area contributed by atoms with Crippen molar-refractivity contribution in [3.05, 3.63) is 30.3 Å². The van der Waals surface area contributed by atoms with Crippen LogP contribution < -0.4 is 10.1 Å². The highest BCUT2D eigenvalue weighted by Gasteiger charge is 2.35. The normalized spacial score (nSPS) is 19.4. The molecule has 1 aliphatic carbocycles. The molecule has 2 saturated heterocycles. The molecular formula is C27H32N8O2S2. The number of benzene rings is 1. The van der Waals surface area contributed by atoms with Crippen LogP contribution in [-0.2, 0) is 0 Å². The molecule has 1 saturated carbocycles. The summed E-state index contributed by atoms with van der Waals surface area (Å²) < 4.78 is 8.91. The van der Waals surface area contributed by atoms with Crippen LogP contribution in [0.25, 0.3) is 15.9 Å². The number of aromatic nitrogens is 5.